The molecule has 17 heavy (non-hydrogen) atoms. The van der Waals surface area contributed by atoms with Crippen LogP contribution < -0.4 is 15.8 Å². The van der Waals surface area contributed by atoms with E-state index in [1.165, 1.54) is 0 Å². The summed E-state index contributed by atoms with van der Waals surface area (Å²) >= 11 is 0. The van der Waals surface area contributed by atoms with E-state index < -0.39 is 0 Å². The van der Waals surface area contributed by atoms with Crippen LogP contribution in [0.4, 0.5) is 0 Å². The van der Waals surface area contributed by atoms with Gasteiger partial charge in [0.25, 0.3) is 0 Å². The van der Waals surface area contributed by atoms with Crippen molar-refractivity contribution in [1.29, 1.82) is 0 Å². The van der Waals surface area contributed by atoms with Gasteiger partial charge in [-0.3, -0.25) is 4.79 Å². The first-order valence-corrected chi connectivity index (χ1v) is 5.89. The number of amides is 1. The quantitative estimate of drug-likeness (QED) is 0.700. The monoisotopic (exact) mass is 236 g/mol. The summed E-state index contributed by atoms with van der Waals surface area (Å²) in [4.78, 5) is 11.4. The van der Waals surface area contributed by atoms with Crippen LogP contribution in [-0.4, -0.2) is 25.6 Å². The first kappa shape index (κ1) is 13.5. The van der Waals surface area contributed by atoms with Gasteiger partial charge in [-0.05, 0) is 31.5 Å². The van der Waals surface area contributed by atoms with Gasteiger partial charge in [0.15, 0.2) is 0 Å². The van der Waals surface area contributed by atoms with Crippen LogP contribution in [0.5, 0.6) is 5.75 Å². The topological polar surface area (TPSA) is 64.3 Å². The highest BCUT2D eigenvalue weighted by atomic mass is 16.5. The van der Waals surface area contributed by atoms with Crippen LogP contribution in [0.2, 0.25) is 0 Å². The van der Waals surface area contributed by atoms with E-state index in [0.717, 1.165) is 17.7 Å². The van der Waals surface area contributed by atoms with E-state index in [9.17, 15) is 4.79 Å². The van der Waals surface area contributed by atoms with Crippen LogP contribution >= 0.6 is 0 Å². The molecule has 0 atom stereocenters. The number of nitrogens with two attached hydrogens (primary N) is 1. The number of benzene rings is 1. The molecule has 1 aromatic rings. The van der Waals surface area contributed by atoms with Crippen LogP contribution in [0.3, 0.4) is 0 Å². The summed E-state index contributed by atoms with van der Waals surface area (Å²) in [5, 5.41) is 2.79. The lowest BCUT2D eigenvalue weighted by Gasteiger charge is -2.08. The fourth-order valence-corrected chi connectivity index (χ4v) is 1.39. The van der Waals surface area contributed by atoms with Crippen LogP contribution in [0.15, 0.2) is 24.3 Å². The number of carbonyl (C=O) groups excluding carboxylic acids is 1. The van der Waals surface area contributed by atoms with E-state index in [4.69, 9.17) is 10.5 Å². The number of rotatable bonds is 7. The minimum absolute atomic E-state index is 0.00651. The summed E-state index contributed by atoms with van der Waals surface area (Å²) in [6.07, 6.45) is 1.18. The Balaban J connectivity index is 2.19. The van der Waals surface area contributed by atoms with Crippen molar-refractivity contribution in [2.24, 2.45) is 5.73 Å². The summed E-state index contributed by atoms with van der Waals surface area (Å²) in [6.45, 7) is 3.62. The first-order chi connectivity index (χ1) is 8.24. The lowest BCUT2D eigenvalue weighted by Crippen LogP contribution is -2.27. The van der Waals surface area contributed by atoms with Crippen LogP contribution in [0, 0.1) is 6.92 Å². The summed E-state index contributed by atoms with van der Waals surface area (Å²) in [6, 6.07) is 7.77. The lowest BCUT2D eigenvalue weighted by atomic mass is 10.2. The minimum atomic E-state index is 0.00651. The van der Waals surface area contributed by atoms with Gasteiger partial charge >= 0.3 is 0 Å². The molecule has 0 aliphatic heterocycles. The standard InChI is InChI=1S/C13H20N2O2/c1-11-5-2-3-6-12(11)17-10-7-13(16)15-9-4-8-14/h2-3,5-6H,4,7-10,14H2,1H3,(H,15,16). The van der Waals surface area contributed by atoms with Crippen LogP contribution in [0.25, 0.3) is 0 Å². The molecule has 4 nitrogen and oxygen atoms in total. The molecular formula is C13H20N2O2. The largest absolute Gasteiger partial charge is 0.493 e. The van der Waals surface area contributed by atoms with Crippen molar-refractivity contribution in [3.05, 3.63) is 29.8 Å². The Kier molecular flexibility index (Phi) is 6.10. The maximum Gasteiger partial charge on any atom is 0.223 e. The number of para-hydroxylation sites is 1. The number of nitrogens with one attached hydrogen (secondary N) is 1. The highest BCUT2D eigenvalue weighted by Gasteiger charge is 2.02. The van der Waals surface area contributed by atoms with Gasteiger partial charge in [-0.1, -0.05) is 18.2 Å². The van der Waals surface area contributed by atoms with Crippen molar-refractivity contribution in [2.45, 2.75) is 19.8 Å². The average Bonchev–Trinajstić information content (AvgIpc) is 2.32. The van der Waals surface area contributed by atoms with E-state index >= 15 is 0 Å². The van der Waals surface area contributed by atoms with E-state index in [-0.39, 0.29) is 5.91 Å². The Labute approximate surface area is 102 Å². The molecule has 0 saturated heterocycles. The van der Waals surface area contributed by atoms with Gasteiger partial charge in [-0.15, -0.1) is 0 Å². The summed E-state index contributed by atoms with van der Waals surface area (Å²) < 4.78 is 5.53. The highest BCUT2D eigenvalue weighted by molar-refractivity contribution is 5.75. The number of carbonyl (C=O) groups is 1. The van der Waals surface area contributed by atoms with Crippen LogP contribution in [-0.2, 0) is 4.79 Å². The lowest BCUT2D eigenvalue weighted by molar-refractivity contribution is -0.121. The van der Waals surface area contributed by atoms with Gasteiger partial charge in [0.2, 0.25) is 5.91 Å². The SMILES string of the molecule is Cc1ccccc1OCCC(=O)NCCCN. The molecule has 1 rings (SSSR count). The third kappa shape index (κ3) is 5.36. The Hall–Kier alpha value is -1.55. The Morgan fingerprint density at radius 1 is 1.41 bits per heavy atom. The molecule has 0 aliphatic rings. The van der Waals surface area contributed by atoms with Crippen molar-refractivity contribution in [3.63, 3.8) is 0 Å². The number of ether oxygens (including phenoxy) is 1. The zero-order valence-electron chi connectivity index (χ0n) is 10.2. The third-order valence-corrected chi connectivity index (χ3v) is 2.38. The third-order valence-electron chi connectivity index (χ3n) is 2.38. The summed E-state index contributed by atoms with van der Waals surface area (Å²) in [5.74, 6) is 0.842. The second kappa shape index (κ2) is 7.68. The number of hydrogen-bond acceptors (Lipinski definition) is 3. The maximum absolute atomic E-state index is 11.4. The second-order valence-corrected chi connectivity index (χ2v) is 3.86. The van der Waals surface area contributed by atoms with Crippen molar-refractivity contribution in [1.82, 2.24) is 5.32 Å². The van der Waals surface area contributed by atoms with E-state index in [0.29, 0.717) is 26.1 Å². The average molecular weight is 236 g/mol. The van der Waals surface area contributed by atoms with E-state index in [1.54, 1.807) is 0 Å². The van der Waals surface area contributed by atoms with E-state index in [1.807, 2.05) is 31.2 Å². The molecule has 0 aromatic heterocycles. The smallest absolute Gasteiger partial charge is 0.223 e. The maximum atomic E-state index is 11.4. The molecule has 0 saturated carbocycles. The minimum Gasteiger partial charge on any atom is -0.493 e. The molecule has 94 valence electrons. The fraction of sp³-hybridized carbons (Fsp3) is 0.462. The normalized spacial score (nSPS) is 10.0. The van der Waals surface area contributed by atoms with Crippen molar-refractivity contribution >= 4 is 5.91 Å². The Morgan fingerprint density at radius 2 is 2.18 bits per heavy atom. The molecule has 4 heteroatoms. The van der Waals surface area contributed by atoms with Crippen molar-refractivity contribution < 1.29 is 9.53 Å². The summed E-state index contributed by atoms with van der Waals surface area (Å²) in [7, 11) is 0. The predicted octanol–water partition coefficient (Wildman–Crippen LogP) is 1.23. The van der Waals surface area contributed by atoms with Gasteiger partial charge in [0.05, 0.1) is 13.0 Å². The molecule has 1 aromatic carbocycles. The molecule has 0 aliphatic carbocycles. The first-order valence-electron chi connectivity index (χ1n) is 5.89. The molecule has 1 amide bonds. The van der Waals surface area contributed by atoms with Gasteiger partial charge in [-0.25, -0.2) is 0 Å². The summed E-state index contributed by atoms with van der Waals surface area (Å²) in [5.41, 5.74) is 6.41. The van der Waals surface area contributed by atoms with E-state index in [2.05, 4.69) is 5.32 Å². The highest BCUT2D eigenvalue weighted by Crippen LogP contribution is 2.15. The zero-order valence-corrected chi connectivity index (χ0v) is 10.2. The van der Waals surface area contributed by atoms with Crippen molar-refractivity contribution in [3.8, 4) is 5.75 Å². The Bertz CT molecular complexity index is 353. The van der Waals surface area contributed by atoms with Crippen molar-refractivity contribution in [2.75, 3.05) is 19.7 Å². The number of hydrogen-bond donors (Lipinski definition) is 2. The predicted molar refractivity (Wildman–Crippen MR) is 68.0 cm³/mol. The van der Waals surface area contributed by atoms with Crippen LogP contribution in [0.1, 0.15) is 18.4 Å². The number of aryl methyl sites for hydroxylation is 1. The zero-order chi connectivity index (χ0) is 12.5. The fourth-order valence-electron chi connectivity index (χ4n) is 1.39. The molecule has 0 spiro atoms. The van der Waals surface area contributed by atoms with Gasteiger partial charge in [0.1, 0.15) is 5.75 Å². The molecule has 0 unspecified atom stereocenters. The molecular weight excluding hydrogens is 216 g/mol. The second-order valence-electron chi connectivity index (χ2n) is 3.86. The van der Waals surface area contributed by atoms with Gasteiger partial charge in [-0.2, -0.15) is 0 Å². The molecule has 0 fully saturated rings. The molecule has 3 N–H and O–H groups in total. The molecule has 0 radical (unpaired) electrons. The van der Waals surface area contributed by atoms with Gasteiger partial charge < -0.3 is 15.8 Å². The molecule has 0 heterocycles. The Morgan fingerprint density at radius 3 is 2.88 bits per heavy atom. The molecule has 0 bridgehead atoms. The van der Waals surface area contributed by atoms with Gasteiger partial charge in [0, 0.05) is 6.54 Å².